The Morgan fingerprint density at radius 2 is 0.942 bits per heavy atom. The fraction of sp³-hybridized carbons (Fsp3) is 0.0625. The Hall–Kier alpha value is -6.65. The molecule has 4 nitrogen and oxygen atoms in total. The van der Waals surface area contributed by atoms with Gasteiger partial charge in [-0.05, 0) is 63.2 Å². The fourth-order valence-corrected chi connectivity index (χ4v) is 7.89. The van der Waals surface area contributed by atoms with Gasteiger partial charge in [-0.25, -0.2) is 15.0 Å². The maximum Gasteiger partial charge on any atom is 0.164 e. The van der Waals surface area contributed by atoms with Crippen LogP contribution in [0.2, 0.25) is 0 Å². The lowest BCUT2D eigenvalue weighted by molar-refractivity contribution is 0.620. The number of rotatable bonds is 5. The summed E-state index contributed by atoms with van der Waals surface area (Å²) in [6, 6.07) is 57.2. The molecule has 0 saturated heterocycles. The Morgan fingerprint density at radius 3 is 1.62 bits per heavy atom. The molecule has 7 aromatic carbocycles. The normalized spacial score (nSPS) is 13.0. The van der Waals surface area contributed by atoms with E-state index in [2.05, 4.69) is 111 Å². The zero-order valence-corrected chi connectivity index (χ0v) is 28.8. The van der Waals surface area contributed by atoms with Gasteiger partial charge in [-0.3, -0.25) is 0 Å². The molecule has 10 rings (SSSR count). The largest absolute Gasteiger partial charge is 0.456 e. The van der Waals surface area contributed by atoms with Crippen LogP contribution in [0, 0.1) is 0 Å². The molecule has 0 bridgehead atoms. The zero-order valence-electron chi connectivity index (χ0n) is 28.8. The van der Waals surface area contributed by atoms with E-state index in [1.807, 2.05) is 66.7 Å². The van der Waals surface area contributed by atoms with Crippen LogP contribution in [-0.4, -0.2) is 15.0 Å². The van der Waals surface area contributed by atoms with Crippen molar-refractivity contribution in [3.63, 3.8) is 0 Å². The number of benzene rings is 7. The highest BCUT2D eigenvalue weighted by molar-refractivity contribution is 6.09. The molecule has 4 heteroatoms. The van der Waals surface area contributed by atoms with E-state index in [1.165, 1.54) is 44.2 Å². The van der Waals surface area contributed by atoms with E-state index in [0.717, 1.165) is 39.0 Å². The molecule has 1 aliphatic rings. The fourth-order valence-electron chi connectivity index (χ4n) is 7.89. The summed E-state index contributed by atoms with van der Waals surface area (Å²) in [7, 11) is 0. The zero-order chi connectivity index (χ0) is 34.8. The van der Waals surface area contributed by atoms with E-state index in [-0.39, 0.29) is 5.41 Å². The molecule has 52 heavy (non-hydrogen) atoms. The third kappa shape index (κ3) is 4.87. The van der Waals surface area contributed by atoms with E-state index in [9.17, 15) is 0 Å². The molecule has 0 atom stereocenters. The van der Waals surface area contributed by atoms with Crippen LogP contribution in [0.15, 0.2) is 168 Å². The van der Waals surface area contributed by atoms with E-state index >= 15 is 0 Å². The molecule has 0 aliphatic heterocycles. The number of hydrogen-bond donors (Lipinski definition) is 0. The van der Waals surface area contributed by atoms with Crippen LogP contribution in [0.3, 0.4) is 0 Å². The molecule has 1 aliphatic carbocycles. The van der Waals surface area contributed by atoms with Crippen LogP contribution in [0.25, 0.3) is 89.5 Å². The highest BCUT2D eigenvalue weighted by Gasteiger charge is 2.38. The Balaban J connectivity index is 0.998. The first kappa shape index (κ1) is 30.2. The quantitative estimate of drug-likeness (QED) is 0.183. The van der Waals surface area contributed by atoms with Crippen LogP contribution in [0.1, 0.15) is 25.0 Å². The molecule has 2 heterocycles. The van der Waals surface area contributed by atoms with Gasteiger partial charge in [0, 0.05) is 38.4 Å². The standard InChI is InChI=1S/C48H33N3O/c1-48(2)41-27-24-35(29-40(41)38-25-26-39-37-18-9-10-19-42(37)52-44(39)43(38)48)31-22-20-30(21-23-31)34-16-11-17-36(28-34)47-50-45(32-12-5-3-6-13-32)49-46(51-47)33-14-7-4-8-15-33/h3-29H,1-2H3. The van der Waals surface area contributed by atoms with E-state index in [0.29, 0.717) is 17.5 Å². The Bertz CT molecular complexity index is 2740. The minimum Gasteiger partial charge on any atom is -0.456 e. The molecule has 0 fully saturated rings. The van der Waals surface area contributed by atoms with Gasteiger partial charge in [-0.2, -0.15) is 0 Å². The topological polar surface area (TPSA) is 51.8 Å². The average Bonchev–Trinajstić information content (AvgIpc) is 3.70. The number of aromatic nitrogens is 3. The van der Waals surface area contributed by atoms with Crippen molar-refractivity contribution in [2.24, 2.45) is 0 Å². The monoisotopic (exact) mass is 667 g/mol. The first-order valence-electron chi connectivity index (χ1n) is 17.7. The van der Waals surface area contributed by atoms with Gasteiger partial charge in [0.1, 0.15) is 11.2 Å². The van der Waals surface area contributed by atoms with E-state index in [1.54, 1.807) is 0 Å². The highest BCUT2D eigenvalue weighted by Crippen LogP contribution is 2.53. The molecule has 0 spiro atoms. The first-order valence-corrected chi connectivity index (χ1v) is 17.7. The number of nitrogens with zero attached hydrogens (tertiary/aromatic N) is 3. The summed E-state index contributed by atoms with van der Waals surface area (Å²) < 4.78 is 6.51. The van der Waals surface area contributed by atoms with Crippen molar-refractivity contribution in [2.45, 2.75) is 19.3 Å². The lowest BCUT2D eigenvalue weighted by Crippen LogP contribution is -2.15. The van der Waals surface area contributed by atoms with Crippen molar-refractivity contribution in [1.82, 2.24) is 15.0 Å². The van der Waals surface area contributed by atoms with Gasteiger partial charge in [0.15, 0.2) is 17.5 Å². The van der Waals surface area contributed by atoms with Crippen LogP contribution in [0.5, 0.6) is 0 Å². The molecule has 0 unspecified atom stereocenters. The second-order valence-electron chi connectivity index (χ2n) is 14.0. The molecule has 0 amide bonds. The molecular weight excluding hydrogens is 635 g/mol. The van der Waals surface area contributed by atoms with Crippen LogP contribution in [0.4, 0.5) is 0 Å². The molecule has 246 valence electrons. The number of fused-ring (bicyclic) bond motifs is 7. The minimum absolute atomic E-state index is 0.173. The maximum absolute atomic E-state index is 6.51. The average molecular weight is 668 g/mol. The predicted octanol–water partition coefficient (Wildman–Crippen LogP) is 12.4. The van der Waals surface area contributed by atoms with Crippen LogP contribution in [-0.2, 0) is 5.41 Å². The maximum atomic E-state index is 6.51. The summed E-state index contributed by atoms with van der Waals surface area (Å²) in [4.78, 5) is 14.7. The Morgan fingerprint density at radius 1 is 0.404 bits per heavy atom. The third-order valence-corrected chi connectivity index (χ3v) is 10.5. The summed E-state index contributed by atoms with van der Waals surface area (Å²) in [6.45, 7) is 4.63. The molecular formula is C48H33N3O. The number of furan rings is 1. The summed E-state index contributed by atoms with van der Waals surface area (Å²) in [5.41, 5.74) is 14.4. The second-order valence-corrected chi connectivity index (χ2v) is 14.0. The van der Waals surface area contributed by atoms with E-state index < -0.39 is 0 Å². The lowest BCUT2D eigenvalue weighted by Gasteiger charge is -2.21. The summed E-state index contributed by atoms with van der Waals surface area (Å²) in [6.07, 6.45) is 0. The highest BCUT2D eigenvalue weighted by atomic mass is 16.3. The second kappa shape index (κ2) is 11.7. The number of para-hydroxylation sites is 1. The van der Waals surface area contributed by atoms with Gasteiger partial charge < -0.3 is 4.42 Å². The lowest BCUT2D eigenvalue weighted by atomic mass is 9.81. The summed E-state index contributed by atoms with van der Waals surface area (Å²) in [5, 5.41) is 2.35. The van der Waals surface area contributed by atoms with Crippen molar-refractivity contribution < 1.29 is 4.42 Å². The van der Waals surface area contributed by atoms with Crippen molar-refractivity contribution in [1.29, 1.82) is 0 Å². The SMILES string of the molecule is CC1(C)c2ccc(-c3ccc(-c4cccc(-c5nc(-c6ccccc6)nc(-c6ccccc6)n5)c4)cc3)cc2-c2ccc3c(oc4ccccc43)c21. The van der Waals surface area contributed by atoms with Gasteiger partial charge >= 0.3 is 0 Å². The number of hydrogen-bond acceptors (Lipinski definition) is 4. The van der Waals surface area contributed by atoms with Crippen molar-refractivity contribution in [3.05, 3.63) is 175 Å². The molecule has 2 aromatic heterocycles. The first-order chi connectivity index (χ1) is 25.5. The van der Waals surface area contributed by atoms with Gasteiger partial charge in [0.2, 0.25) is 0 Å². The van der Waals surface area contributed by atoms with Crippen LogP contribution < -0.4 is 0 Å². The summed E-state index contributed by atoms with van der Waals surface area (Å²) >= 11 is 0. The van der Waals surface area contributed by atoms with Gasteiger partial charge in [-0.15, -0.1) is 0 Å². The Kier molecular flexibility index (Phi) is 6.80. The molecule has 0 N–H and O–H groups in total. The van der Waals surface area contributed by atoms with Crippen molar-refractivity contribution in [2.75, 3.05) is 0 Å². The van der Waals surface area contributed by atoms with Gasteiger partial charge in [0.25, 0.3) is 0 Å². The van der Waals surface area contributed by atoms with Gasteiger partial charge in [-0.1, -0.05) is 153 Å². The molecule has 0 saturated carbocycles. The van der Waals surface area contributed by atoms with Crippen LogP contribution >= 0.6 is 0 Å². The minimum atomic E-state index is -0.173. The van der Waals surface area contributed by atoms with E-state index in [4.69, 9.17) is 19.4 Å². The van der Waals surface area contributed by atoms with Crippen molar-refractivity contribution >= 4 is 21.9 Å². The third-order valence-electron chi connectivity index (χ3n) is 10.5. The predicted molar refractivity (Wildman–Crippen MR) is 212 cm³/mol. The van der Waals surface area contributed by atoms with Crippen molar-refractivity contribution in [3.8, 4) is 67.5 Å². The van der Waals surface area contributed by atoms with Gasteiger partial charge in [0.05, 0.1) is 0 Å². The molecule has 9 aromatic rings. The summed E-state index contributed by atoms with van der Waals surface area (Å²) in [5.74, 6) is 1.95. The smallest absolute Gasteiger partial charge is 0.164 e. The molecule has 0 radical (unpaired) electrons. The Labute approximate surface area is 302 Å².